The van der Waals surface area contributed by atoms with E-state index >= 15 is 0 Å². The smallest absolute Gasteiger partial charge is 0.251 e. The molecule has 36 heavy (non-hydrogen) atoms. The van der Waals surface area contributed by atoms with Gasteiger partial charge in [0.2, 0.25) is 0 Å². The summed E-state index contributed by atoms with van der Waals surface area (Å²) in [5, 5.41) is 17.8. The first-order valence-corrected chi connectivity index (χ1v) is 13.4. The Morgan fingerprint density at radius 2 is 1.86 bits per heavy atom. The molecule has 3 atom stereocenters. The van der Waals surface area contributed by atoms with E-state index in [4.69, 9.17) is 4.74 Å². The number of nitrogens with one attached hydrogen (secondary N) is 1. The lowest BCUT2D eigenvalue weighted by Gasteiger charge is -2.58. The van der Waals surface area contributed by atoms with E-state index in [1.807, 2.05) is 48.5 Å². The first kappa shape index (κ1) is 23.5. The fourth-order valence-electron chi connectivity index (χ4n) is 6.72. The Morgan fingerprint density at radius 3 is 2.67 bits per heavy atom. The summed E-state index contributed by atoms with van der Waals surface area (Å²) >= 11 is 0. The molecule has 5 heteroatoms. The highest BCUT2D eigenvalue weighted by molar-refractivity contribution is 5.98. The molecule has 1 amide bonds. The fourth-order valence-corrected chi connectivity index (χ4v) is 6.72. The third kappa shape index (κ3) is 4.29. The van der Waals surface area contributed by atoms with Gasteiger partial charge in [0.1, 0.15) is 5.75 Å². The maximum atomic E-state index is 13.3. The molecule has 3 aromatic carbocycles. The van der Waals surface area contributed by atoms with Crippen LogP contribution >= 0.6 is 0 Å². The Morgan fingerprint density at radius 1 is 1.03 bits per heavy atom. The summed E-state index contributed by atoms with van der Waals surface area (Å²) < 4.78 is 5.56. The van der Waals surface area contributed by atoms with Gasteiger partial charge in [-0.3, -0.25) is 4.79 Å². The number of carbonyl (C=O) groups is 1. The molecule has 3 fully saturated rings. The van der Waals surface area contributed by atoms with Crippen molar-refractivity contribution in [1.82, 2.24) is 10.2 Å². The van der Waals surface area contributed by atoms with Crippen molar-refractivity contribution < 1.29 is 14.6 Å². The van der Waals surface area contributed by atoms with Gasteiger partial charge in [0.25, 0.3) is 5.91 Å². The Balaban J connectivity index is 1.27. The molecule has 3 aliphatic rings. The summed E-state index contributed by atoms with van der Waals surface area (Å²) in [6.45, 7) is 2.77. The highest BCUT2D eigenvalue weighted by Crippen LogP contribution is 2.52. The van der Waals surface area contributed by atoms with Crippen molar-refractivity contribution in [2.45, 2.75) is 55.6 Å². The van der Waals surface area contributed by atoms with Crippen molar-refractivity contribution in [3.05, 3.63) is 77.9 Å². The normalized spacial score (nSPS) is 28.4. The zero-order valence-electron chi connectivity index (χ0n) is 21.1. The second kappa shape index (κ2) is 9.20. The predicted octanol–water partition coefficient (Wildman–Crippen LogP) is 4.92. The van der Waals surface area contributed by atoms with Crippen LogP contribution in [0.5, 0.6) is 5.75 Å². The van der Waals surface area contributed by atoms with Crippen molar-refractivity contribution in [2.24, 2.45) is 5.92 Å². The third-order valence-electron chi connectivity index (χ3n) is 8.91. The minimum atomic E-state index is -0.823. The third-order valence-corrected chi connectivity index (χ3v) is 8.91. The second-order valence-electron chi connectivity index (χ2n) is 11.2. The number of piperidine rings is 1. The van der Waals surface area contributed by atoms with Crippen LogP contribution in [0.3, 0.4) is 0 Å². The maximum absolute atomic E-state index is 13.3. The summed E-state index contributed by atoms with van der Waals surface area (Å²) in [5.74, 6) is 1.57. The van der Waals surface area contributed by atoms with E-state index in [2.05, 4.69) is 28.4 Å². The zero-order chi connectivity index (χ0) is 24.8. The summed E-state index contributed by atoms with van der Waals surface area (Å²) in [6.07, 6.45) is 5.70. The number of methoxy groups -OCH3 is 1. The number of fused-ring (bicyclic) bond motifs is 2. The van der Waals surface area contributed by atoms with E-state index < -0.39 is 11.0 Å². The van der Waals surface area contributed by atoms with Gasteiger partial charge >= 0.3 is 0 Å². The molecule has 0 spiro atoms. The lowest BCUT2D eigenvalue weighted by molar-refractivity contribution is -0.126. The lowest BCUT2D eigenvalue weighted by Crippen LogP contribution is -2.67. The van der Waals surface area contributed by atoms with Crippen LogP contribution in [0.25, 0.3) is 10.8 Å². The van der Waals surface area contributed by atoms with E-state index in [1.54, 1.807) is 7.11 Å². The van der Waals surface area contributed by atoms with Gasteiger partial charge in [-0.1, -0.05) is 42.5 Å². The monoisotopic (exact) mass is 484 g/mol. The minimum Gasteiger partial charge on any atom is -0.497 e. The van der Waals surface area contributed by atoms with E-state index in [-0.39, 0.29) is 11.9 Å². The summed E-state index contributed by atoms with van der Waals surface area (Å²) in [7, 11) is 1.69. The maximum Gasteiger partial charge on any atom is 0.251 e. The molecule has 0 unspecified atom stereocenters. The van der Waals surface area contributed by atoms with Gasteiger partial charge in [-0.2, -0.15) is 0 Å². The van der Waals surface area contributed by atoms with E-state index in [0.717, 1.165) is 60.4 Å². The molecular formula is C31H36N2O3. The van der Waals surface area contributed by atoms with Gasteiger partial charge in [0, 0.05) is 30.1 Å². The zero-order valence-corrected chi connectivity index (χ0v) is 21.1. The molecule has 2 saturated carbocycles. The molecule has 1 aliphatic heterocycles. The predicted molar refractivity (Wildman–Crippen MR) is 142 cm³/mol. The lowest BCUT2D eigenvalue weighted by atomic mass is 9.55. The fraction of sp³-hybridized carbons (Fsp3) is 0.452. The van der Waals surface area contributed by atoms with Gasteiger partial charge in [-0.05, 0) is 91.6 Å². The highest BCUT2D eigenvalue weighted by atomic mass is 16.5. The molecule has 2 aliphatic carbocycles. The van der Waals surface area contributed by atoms with Gasteiger partial charge in [-0.25, -0.2) is 0 Å². The molecule has 3 aromatic rings. The number of carbonyl (C=O) groups excluding carboxylic acids is 1. The largest absolute Gasteiger partial charge is 0.497 e. The molecule has 0 radical (unpaired) electrons. The Labute approximate surface area is 213 Å². The quantitative estimate of drug-likeness (QED) is 0.522. The van der Waals surface area contributed by atoms with Crippen LogP contribution in [0.15, 0.2) is 66.7 Å². The van der Waals surface area contributed by atoms with Gasteiger partial charge < -0.3 is 20.1 Å². The van der Waals surface area contributed by atoms with Crippen LogP contribution in [0.1, 0.15) is 54.4 Å². The number of hydrogen-bond donors (Lipinski definition) is 2. The Kier molecular flexibility index (Phi) is 6.01. The van der Waals surface area contributed by atoms with Crippen LogP contribution in [-0.2, 0) is 5.41 Å². The molecule has 0 bridgehead atoms. The average Bonchev–Trinajstić information content (AvgIpc) is 3.72. The number of amides is 1. The standard InChI is InChI=1S/C31H36N2O3/c1-36-28-8-4-7-26(18-28)30-15-16-33(20-22-9-10-22)21-31(30,35)14-13-27(19-30)32-29(34)25-12-11-23-5-2-3-6-24(23)17-25/h2-8,11-12,17-18,22,27,35H,9-10,13-16,19-21H2,1H3,(H,32,34)/t27-,30+,31+/m1/s1. The summed E-state index contributed by atoms with van der Waals surface area (Å²) in [5.41, 5.74) is 0.571. The summed E-state index contributed by atoms with van der Waals surface area (Å²) in [4.78, 5) is 15.8. The molecule has 2 N–H and O–H groups in total. The molecule has 188 valence electrons. The molecule has 5 nitrogen and oxygen atoms in total. The van der Waals surface area contributed by atoms with Crippen LogP contribution in [0, 0.1) is 5.92 Å². The first-order valence-electron chi connectivity index (χ1n) is 13.4. The number of benzene rings is 3. The van der Waals surface area contributed by atoms with Crippen molar-refractivity contribution in [3.8, 4) is 5.75 Å². The number of β-amino-alcohol motifs (C(OH)–C–C–N with tert-alkyl or cyclic N) is 1. The van der Waals surface area contributed by atoms with Gasteiger partial charge in [0.05, 0.1) is 12.7 Å². The molecule has 1 heterocycles. The number of nitrogens with zero attached hydrogens (tertiary/aromatic N) is 1. The molecule has 1 saturated heterocycles. The van der Waals surface area contributed by atoms with E-state index in [1.165, 1.54) is 12.8 Å². The number of hydrogen-bond acceptors (Lipinski definition) is 4. The SMILES string of the molecule is COc1cccc([C@@]23CCN(CC4CC4)C[C@@]2(O)CC[C@@H](NC(=O)c2ccc4ccccc4c2)C3)c1. The van der Waals surface area contributed by atoms with Crippen molar-refractivity contribution in [3.63, 3.8) is 0 Å². The second-order valence-corrected chi connectivity index (χ2v) is 11.2. The Hall–Kier alpha value is -2.89. The molecular weight excluding hydrogens is 448 g/mol. The minimum absolute atomic E-state index is 0.00503. The number of ether oxygens (including phenoxy) is 1. The van der Waals surface area contributed by atoms with Crippen molar-refractivity contribution in [1.29, 1.82) is 0 Å². The topological polar surface area (TPSA) is 61.8 Å². The van der Waals surface area contributed by atoms with E-state index in [9.17, 15) is 9.90 Å². The average molecular weight is 485 g/mol. The molecule has 0 aromatic heterocycles. The van der Waals surface area contributed by atoms with Crippen LogP contribution in [0.4, 0.5) is 0 Å². The number of rotatable bonds is 6. The summed E-state index contributed by atoms with van der Waals surface area (Å²) in [6, 6.07) is 22.2. The van der Waals surface area contributed by atoms with Crippen molar-refractivity contribution in [2.75, 3.05) is 26.7 Å². The van der Waals surface area contributed by atoms with Gasteiger partial charge in [0.15, 0.2) is 0 Å². The number of likely N-dealkylation sites (tertiary alicyclic amines) is 1. The van der Waals surface area contributed by atoms with Crippen LogP contribution in [0.2, 0.25) is 0 Å². The highest BCUT2D eigenvalue weighted by Gasteiger charge is 2.58. The first-order chi connectivity index (χ1) is 17.5. The van der Waals surface area contributed by atoms with E-state index in [0.29, 0.717) is 18.5 Å². The molecule has 6 rings (SSSR count). The number of aliphatic hydroxyl groups is 1. The van der Waals surface area contributed by atoms with Crippen molar-refractivity contribution >= 4 is 16.7 Å². The van der Waals surface area contributed by atoms with Crippen LogP contribution in [-0.4, -0.2) is 54.3 Å². The van der Waals surface area contributed by atoms with Crippen LogP contribution < -0.4 is 10.1 Å². The van der Waals surface area contributed by atoms with Gasteiger partial charge in [-0.15, -0.1) is 0 Å². The Bertz CT molecular complexity index is 1270.